The van der Waals surface area contributed by atoms with Gasteiger partial charge in [-0.1, -0.05) is 0 Å². The normalized spacial score (nSPS) is 16.1. The maximum Gasteiger partial charge on any atom is 0.103 e. The number of thioether (sulfide) groups is 1. The molecule has 0 atom stereocenters. The molecule has 0 amide bonds. The minimum Gasteiger partial charge on any atom is -0.383 e. The van der Waals surface area contributed by atoms with E-state index in [0.717, 1.165) is 30.2 Å². The number of anilines is 1. The first-order chi connectivity index (χ1) is 9.20. The summed E-state index contributed by atoms with van der Waals surface area (Å²) in [6.45, 7) is 8.10. The predicted octanol–water partition coefficient (Wildman–Crippen LogP) is 2.03. The Hall–Kier alpha value is -1.25. The van der Waals surface area contributed by atoms with E-state index in [2.05, 4.69) is 21.3 Å². The van der Waals surface area contributed by atoms with Crippen molar-refractivity contribution in [1.29, 1.82) is 5.26 Å². The van der Waals surface area contributed by atoms with Crippen molar-refractivity contribution in [3.8, 4) is 6.07 Å². The Labute approximate surface area is 119 Å². The van der Waals surface area contributed by atoms with E-state index in [1.165, 1.54) is 24.6 Å². The van der Waals surface area contributed by atoms with Crippen LogP contribution in [-0.4, -0.2) is 47.6 Å². The number of aromatic nitrogens is 1. The van der Waals surface area contributed by atoms with Gasteiger partial charge in [0.15, 0.2) is 0 Å². The Kier molecular flexibility index (Phi) is 5.06. The van der Waals surface area contributed by atoms with E-state index in [1.807, 2.05) is 31.7 Å². The van der Waals surface area contributed by atoms with E-state index in [9.17, 15) is 5.26 Å². The number of pyridine rings is 1. The van der Waals surface area contributed by atoms with E-state index in [4.69, 9.17) is 0 Å². The highest BCUT2D eigenvalue weighted by Gasteiger charge is 2.11. The van der Waals surface area contributed by atoms with Crippen molar-refractivity contribution in [1.82, 2.24) is 9.88 Å². The second kappa shape index (κ2) is 6.78. The molecular weight excluding hydrogens is 256 g/mol. The molecule has 2 heterocycles. The number of hydrogen-bond donors (Lipinski definition) is 1. The fourth-order valence-corrected chi connectivity index (χ4v) is 3.26. The summed E-state index contributed by atoms with van der Waals surface area (Å²) in [7, 11) is 0. The van der Waals surface area contributed by atoms with Crippen LogP contribution in [0.2, 0.25) is 0 Å². The highest BCUT2D eigenvalue weighted by atomic mass is 32.2. The van der Waals surface area contributed by atoms with Crippen molar-refractivity contribution in [2.75, 3.05) is 43.0 Å². The molecule has 19 heavy (non-hydrogen) atoms. The molecule has 1 saturated heterocycles. The maximum absolute atomic E-state index is 9.20. The van der Waals surface area contributed by atoms with Crippen molar-refractivity contribution in [3.05, 3.63) is 23.0 Å². The highest BCUT2D eigenvalue weighted by Crippen LogP contribution is 2.18. The second-order valence-electron chi connectivity index (χ2n) is 4.76. The van der Waals surface area contributed by atoms with Crippen LogP contribution in [0.1, 0.15) is 17.0 Å². The van der Waals surface area contributed by atoms with Crippen molar-refractivity contribution < 1.29 is 0 Å². The molecule has 1 aromatic rings. The molecule has 0 aliphatic carbocycles. The van der Waals surface area contributed by atoms with Crippen LogP contribution < -0.4 is 5.32 Å². The van der Waals surface area contributed by atoms with Gasteiger partial charge < -0.3 is 5.32 Å². The second-order valence-corrected chi connectivity index (χ2v) is 5.99. The Morgan fingerprint density at radius 1 is 1.42 bits per heavy atom. The van der Waals surface area contributed by atoms with E-state index in [-0.39, 0.29) is 0 Å². The van der Waals surface area contributed by atoms with Gasteiger partial charge in [0.05, 0.1) is 16.9 Å². The lowest BCUT2D eigenvalue weighted by molar-refractivity contribution is 0.314. The Morgan fingerprint density at radius 2 is 2.16 bits per heavy atom. The molecular formula is C14H20N4S. The molecule has 4 nitrogen and oxygen atoms in total. The van der Waals surface area contributed by atoms with Gasteiger partial charge in [-0.25, -0.2) is 0 Å². The van der Waals surface area contributed by atoms with Crippen LogP contribution in [0.4, 0.5) is 5.69 Å². The van der Waals surface area contributed by atoms with Gasteiger partial charge in [0.2, 0.25) is 0 Å². The number of nitriles is 1. The molecule has 1 aromatic heterocycles. The molecule has 0 aromatic carbocycles. The minimum absolute atomic E-state index is 0.666. The minimum atomic E-state index is 0.666. The van der Waals surface area contributed by atoms with Crippen LogP contribution in [-0.2, 0) is 0 Å². The molecule has 0 unspecified atom stereocenters. The first kappa shape index (κ1) is 14.2. The van der Waals surface area contributed by atoms with Gasteiger partial charge in [0.1, 0.15) is 6.07 Å². The molecule has 102 valence electrons. The van der Waals surface area contributed by atoms with Gasteiger partial charge in [-0.2, -0.15) is 17.0 Å². The van der Waals surface area contributed by atoms with E-state index < -0.39 is 0 Å². The summed E-state index contributed by atoms with van der Waals surface area (Å²) in [5.74, 6) is 2.47. The summed E-state index contributed by atoms with van der Waals surface area (Å²) < 4.78 is 0. The predicted molar refractivity (Wildman–Crippen MR) is 80.7 cm³/mol. The largest absolute Gasteiger partial charge is 0.383 e. The summed E-state index contributed by atoms with van der Waals surface area (Å²) >= 11 is 2.03. The zero-order valence-electron chi connectivity index (χ0n) is 11.6. The van der Waals surface area contributed by atoms with Gasteiger partial charge in [-0.15, -0.1) is 0 Å². The number of hydrogen-bond acceptors (Lipinski definition) is 5. The summed E-state index contributed by atoms with van der Waals surface area (Å²) in [6, 6.07) is 4.19. The summed E-state index contributed by atoms with van der Waals surface area (Å²) in [5, 5.41) is 12.6. The fourth-order valence-electron chi connectivity index (χ4n) is 2.28. The van der Waals surface area contributed by atoms with Crippen LogP contribution in [0.15, 0.2) is 6.07 Å². The molecule has 0 saturated carbocycles. The van der Waals surface area contributed by atoms with E-state index in [1.54, 1.807) is 0 Å². The smallest absolute Gasteiger partial charge is 0.103 e. The van der Waals surface area contributed by atoms with Crippen molar-refractivity contribution in [3.63, 3.8) is 0 Å². The molecule has 0 spiro atoms. The van der Waals surface area contributed by atoms with Crippen molar-refractivity contribution in [2.24, 2.45) is 0 Å². The van der Waals surface area contributed by atoms with E-state index >= 15 is 0 Å². The lowest BCUT2D eigenvalue weighted by Crippen LogP contribution is -2.36. The average Bonchev–Trinajstić information content (AvgIpc) is 2.39. The lowest BCUT2D eigenvalue weighted by atomic mass is 10.1. The quantitative estimate of drug-likeness (QED) is 0.912. The first-order valence-corrected chi connectivity index (χ1v) is 7.78. The van der Waals surface area contributed by atoms with E-state index in [0.29, 0.717) is 5.56 Å². The van der Waals surface area contributed by atoms with Crippen LogP contribution in [0.25, 0.3) is 0 Å². The maximum atomic E-state index is 9.20. The van der Waals surface area contributed by atoms with Crippen molar-refractivity contribution >= 4 is 17.4 Å². The number of rotatable bonds is 4. The third-order valence-corrected chi connectivity index (χ3v) is 4.23. The highest BCUT2D eigenvalue weighted by molar-refractivity contribution is 7.99. The van der Waals surface area contributed by atoms with Crippen LogP contribution in [0.5, 0.6) is 0 Å². The topological polar surface area (TPSA) is 52.0 Å². The summed E-state index contributed by atoms with van der Waals surface area (Å²) in [4.78, 5) is 6.80. The van der Waals surface area contributed by atoms with Crippen molar-refractivity contribution in [2.45, 2.75) is 13.8 Å². The molecule has 1 fully saturated rings. The lowest BCUT2D eigenvalue weighted by Gasteiger charge is -2.26. The third-order valence-electron chi connectivity index (χ3n) is 3.29. The SMILES string of the molecule is Cc1cc(NCCN2CCSCC2)c(C#N)c(C)n1. The molecule has 0 bridgehead atoms. The van der Waals surface area contributed by atoms with Gasteiger partial charge in [0, 0.05) is 43.4 Å². The first-order valence-electron chi connectivity index (χ1n) is 6.63. The van der Waals surface area contributed by atoms with Crippen LogP contribution in [0.3, 0.4) is 0 Å². The Balaban J connectivity index is 1.93. The number of nitrogens with zero attached hydrogens (tertiary/aromatic N) is 3. The number of nitrogens with one attached hydrogen (secondary N) is 1. The van der Waals surface area contributed by atoms with Gasteiger partial charge in [-0.3, -0.25) is 9.88 Å². The Bertz CT molecular complexity index is 475. The molecule has 5 heteroatoms. The van der Waals surface area contributed by atoms with Crippen LogP contribution >= 0.6 is 11.8 Å². The third kappa shape index (κ3) is 3.85. The van der Waals surface area contributed by atoms with Gasteiger partial charge >= 0.3 is 0 Å². The monoisotopic (exact) mass is 276 g/mol. The molecule has 2 rings (SSSR count). The molecule has 1 aliphatic heterocycles. The number of aryl methyl sites for hydroxylation is 2. The molecule has 1 N–H and O–H groups in total. The molecule has 1 aliphatic rings. The Morgan fingerprint density at radius 3 is 2.84 bits per heavy atom. The standard InChI is InChI=1S/C14H20N4S/c1-11-9-14(13(10-15)12(2)17-11)16-3-4-18-5-7-19-8-6-18/h9H,3-8H2,1-2H3,(H,16,17). The fraction of sp³-hybridized carbons (Fsp3) is 0.571. The zero-order chi connectivity index (χ0) is 13.7. The summed E-state index contributed by atoms with van der Waals surface area (Å²) in [5.41, 5.74) is 3.34. The summed E-state index contributed by atoms with van der Waals surface area (Å²) in [6.07, 6.45) is 0. The van der Waals surface area contributed by atoms with Crippen LogP contribution in [0, 0.1) is 25.2 Å². The van der Waals surface area contributed by atoms with Gasteiger partial charge in [-0.05, 0) is 19.9 Å². The molecule has 0 radical (unpaired) electrons. The van der Waals surface area contributed by atoms with Gasteiger partial charge in [0.25, 0.3) is 0 Å². The zero-order valence-corrected chi connectivity index (χ0v) is 12.4. The average molecular weight is 276 g/mol.